The molecule has 4 heteroatoms. The van der Waals surface area contributed by atoms with Crippen LogP contribution in [0.2, 0.25) is 0 Å². The Kier molecular flexibility index (Phi) is 5.79. The predicted molar refractivity (Wildman–Crippen MR) is 122 cm³/mol. The van der Waals surface area contributed by atoms with Crippen molar-refractivity contribution in [1.82, 2.24) is 9.47 Å². The fraction of sp³-hybridized carbons (Fsp3) is 0.423. The zero-order chi connectivity index (χ0) is 21.4. The molecule has 0 atom stereocenters. The molecule has 1 aromatic heterocycles. The summed E-state index contributed by atoms with van der Waals surface area (Å²) in [6.45, 7) is 10.1. The Labute approximate surface area is 178 Å². The fourth-order valence-corrected chi connectivity index (χ4v) is 4.73. The molecule has 0 N–H and O–H groups in total. The van der Waals surface area contributed by atoms with Crippen LogP contribution in [0.5, 0.6) is 0 Å². The number of benzene rings is 2. The summed E-state index contributed by atoms with van der Waals surface area (Å²) in [5.74, 6) is 1.25. The van der Waals surface area contributed by atoms with Crippen molar-refractivity contribution in [3.63, 3.8) is 0 Å². The lowest BCUT2D eigenvalue weighted by Crippen LogP contribution is -2.34. The SMILES string of the molecule is Cc1cc(-c2cn(C)c(=O)c3cc(F)ccc23)ccc1CN1CCC(C(C)C)CC1. The first kappa shape index (κ1) is 20.8. The van der Waals surface area contributed by atoms with Crippen LogP contribution >= 0.6 is 0 Å². The van der Waals surface area contributed by atoms with Gasteiger partial charge in [0, 0.05) is 25.4 Å². The van der Waals surface area contributed by atoms with E-state index in [9.17, 15) is 9.18 Å². The van der Waals surface area contributed by atoms with Crippen LogP contribution in [-0.4, -0.2) is 22.6 Å². The zero-order valence-corrected chi connectivity index (χ0v) is 18.4. The van der Waals surface area contributed by atoms with Crippen molar-refractivity contribution in [2.75, 3.05) is 13.1 Å². The van der Waals surface area contributed by atoms with Gasteiger partial charge in [0.1, 0.15) is 5.82 Å². The molecule has 1 aliphatic rings. The van der Waals surface area contributed by atoms with E-state index in [1.165, 1.54) is 49.2 Å². The minimum absolute atomic E-state index is 0.175. The number of rotatable bonds is 4. The summed E-state index contributed by atoms with van der Waals surface area (Å²) in [6, 6.07) is 11.0. The molecule has 3 nitrogen and oxygen atoms in total. The van der Waals surface area contributed by atoms with Gasteiger partial charge in [0.15, 0.2) is 0 Å². The normalized spacial score (nSPS) is 15.9. The molecule has 2 heterocycles. The maximum atomic E-state index is 13.7. The van der Waals surface area contributed by atoms with E-state index in [0.29, 0.717) is 5.39 Å². The second-order valence-corrected chi connectivity index (χ2v) is 9.15. The first-order chi connectivity index (χ1) is 14.3. The molecule has 1 saturated heterocycles. The van der Waals surface area contributed by atoms with Crippen LogP contribution in [0.25, 0.3) is 21.9 Å². The van der Waals surface area contributed by atoms with Crippen molar-refractivity contribution in [2.24, 2.45) is 18.9 Å². The molecule has 0 radical (unpaired) electrons. The van der Waals surface area contributed by atoms with Gasteiger partial charge in [-0.15, -0.1) is 0 Å². The summed E-state index contributed by atoms with van der Waals surface area (Å²) < 4.78 is 15.3. The number of nitrogens with zero attached hydrogens (tertiary/aromatic N) is 2. The highest BCUT2D eigenvalue weighted by Crippen LogP contribution is 2.30. The van der Waals surface area contributed by atoms with Gasteiger partial charge in [0.2, 0.25) is 0 Å². The second-order valence-electron chi connectivity index (χ2n) is 9.15. The minimum Gasteiger partial charge on any atom is -0.317 e. The lowest BCUT2D eigenvalue weighted by molar-refractivity contribution is 0.152. The monoisotopic (exact) mass is 406 g/mol. The largest absolute Gasteiger partial charge is 0.317 e. The molecule has 4 rings (SSSR count). The van der Waals surface area contributed by atoms with Crippen molar-refractivity contribution in [1.29, 1.82) is 0 Å². The fourth-order valence-electron chi connectivity index (χ4n) is 4.73. The maximum Gasteiger partial charge on any atom is 0.258 e. The Balaban J connectivity index is 1.62. The highest BCUT2D eigenvalue weighted by molar-refractivity contribution is 5.95. The van der Waals surface area contributed by atoms with Gasteiger partial charge < -0.3 is 4.57 Å². The van der Waals surface area contributed by atoms with E-state index in [1.807, 2.05) is 6.20 Å². The molecular formula is C26H31FN2O. The third-order valence-electron chi connectivity index (χ3n) is 6.77. The molecule has 0 unspecified atom stereocenters. The molecular weight excluding hydrogens is 375 g/mol. The quantitative estimate of drug-likeness (QED) is 0.570. The average molecular weight is 407 g/mol. The van der Waals surface area contributed by atoms with Gasteiger partial charge in [-0.3, -0.25) is 9.69 Å². The maximum absolute atomic E-state index is 13.7. The van der Waals surface area contributed by atoms with E-state index >= 15 is 0 Å². The summed E-state index contributed by atoms with van der Waals surface area (Å²) >= 11 is 0. The highest BCUT2D eigenvalue weighted by atomic mass is 19.1. The summed E-state index contributed by atoms with van der Waals surface area (Å²) in [7, 11) is 1.72. The van der Waals surface area contributed by atoms with Gasteiger partial charge in [-0.25, -0.2) is 4.39 Å². The third kappa shape index (κ3) is 4.06. The Morgan fingerprint density at radius 2 is 1.80 bits per heavy atom. The van der Waals surface area contributed by atoms with E-state index < -0.39 is 0 Å². The van der Waals surface area contributed by atoms with Gasteiger partial charge in [0.05, 0.1) is 5.39 Å². The number of aromatic nitrogens is 1. The van der Waals surface area contributed by atoms with Crippen LogP contribution in [0, 0.1) is 24.6 Å². The predicted octanol–water partition coefficient (Wildman–Crippen LogP) is 5.52. The number of piperidine rings is 1. The molecule has 0 saturated carbocycles. The molecule has 30 heavy (non-hydrogen) atoms. The average Bonchev–Trinajstić information content (AvgIpc) is 2.72. The van der Waals surface area contributed by atoms with Crippen molar-refractivity contribution < 1.29 is 4.39 Å². The van der Waals surface area contributed by atoms with Crippen molar-refractivity contribution >= 4 is 10.8 Å². The van der Waals surface area contributed by atoms with Gasteiger partial charge in [-0.05, 0) is 78.9 Å². The Hall–Kier alpha value is -2.46. The molecule has 0 amide bonds. The van der Waals surface area contributed by atoms with Crippen molar-refractivity contribution in [2.45, 2.75) is 40.2 Å². The van der Waals surface area contributed by atoms with E-state index in [1.54, 1.807) is 17.7 Å². The van der Waals surface area contributed by atoms with Gasteiger partial charge in [0.25, 0.3) is 5.56 Å². The lowest BCUT2D eigenvalue weighted by atomic mass is 9.86. The molecule has 1 aliphatic heterocycles. The van der Waals surface area contributed by atoms with E-state index in [4.69, 9.17) is 0 Å². The molecule has 158 valence electrons. The lowest BCUT2D eigenvalue weighted by Gasteiger charge is -2.34. The zero-order valence-electron chi connectivity index (χ0n) is 18.4. The van der Waals surface area contributed by atoms with Crippen LogP contribution in [0.15, 0.2) is 47.4 Å². The van der Waals surface area contributed by atoms with Crippen LogP contribution in [0.4, 0.5) is 4.39 Å². The number of aryl methyl sites for hydroxylation is 2. The summed E-state index contributed by atoms with van der Waals surface area (Å²) in [6.07, 6.45) is 4.43. The molecule has 1 fully saturated rings. The minimum atomic E-state index is -0.385. The topological polar surface area (TPSA) is 25.2 Å². The summed E-state index contributed by atoms with van der Waals surface area (Å²) in [5.41, 5.74) is 4.44. The standard InChI is InChI=1S/C26H31FN2O/c1-17(2)19-9-11-29(12-10-19)15-21-6-5-20(13-18(21)3)25-16-28(4)26(30)24-14-22(27)7-8-23(24)25/h5-8,13-14,16-17,19H,9-12,15H2,1-4H3. The van der Waals surface area contributed by atoms with Crippen LogP contribution < -0.4 is 5.56 Å². The molecule has 0 bridgehead atoms. The van der Waals surface area contributed by atoms with Gasteiger partial charge in [-0.1, -0.05) is 38.1 Å². The van der Waals surface area contributed by atoms with Gasteiger partial charge >= 0.3 is 0 Å². The number of hydrogen-bond donors (Lipinski definition) is 0. The van der Waals surface area contributed by atoms with Crippen LogP contribution in [0.1, 0.15) is 37.8 Å². The molecule has 3 aromatic rings. The van der Waals surface area contributed by atoms with Crippen LogP contribution in [0.3, 0.4) is 0 Å². The van der Waals surface area contributed by atoms with E-state index in [0.717, 1.165) is 34.9 Å². The second kappa shape index (κ2) is 8.35. The molecule has 2 aromatic carbocycles. The van der Waals surface area contributed by atoms with Crippen molar-refractivity contribution in [3.05, 3.63) is 69.9 Å². The Morgan fingerprint density at radius 1 is 1.07 bits per heavy atom. The number of halogens is 1. The number of likely N-dealkylation sites (tertiary alicyclic amines) is 1. The number of pyridine rings is 1. The number of fused-ring (bicyclic) bond motifs is 1. The Morgan fingerprint density at radius 3 is 2.47 bits per heavy atom. The first-order valence-corrected chi connectivity index (χ1v) is 10.9. The van der Waals surface area contributed by atoms with E-state index in [-0.39, 0.29) is 11.4 Å². The van der Waals surface area contributed by atoms with Gasteiger partial charge in [-0.2, -0.15) is 0 Å². The van der Waals surface area contributed by atoms with Crippen molar-refractivity contribution in [3.8, 4) is 11.1 Å². The molecule has 0 aliphatic carbocycles. The Bertz CT molecular complexity index is 1120. The first-order valence-electron chi connectivity index (χ1n) is 10.9. The highest BCUT2D eigenvalue weighted by Gasteiger charge is 2.22. The summed E-state index contributed by atoms with van der Waals surface area (Å²) in [5, 5.41) is 1.21. The third-order valence-corrected chi connectivity index (χ3v) is 6.77. The number of hydrogen-bond acceptors (Lipinski definition) is 2. The molecule has 0 spiro atoms. The van der Waals surface area contributed by atoms with Crippen LogP contribution in [-0.2, 0) is 13.6 Å². The van der Waals surface area contributed by atoms with E-state index in [2.05, 4.69) is 43.9 Å². The smallest absolute Gasteiger partial charge is 0.258 e. The summed E-state index contributed by atoms with van der Waals surface area (Å²) in [4.78, 5) is 15.0.